The molecule has 0 aliphatic heterocycles. The van der Waals surface area contributed by atoms with Gasteiger partial charge in [-0.2, -0.15) is 0 Å². The molecule has 0 atom stereocenters. The predicted octanol–water partition coefficient (Wildman–Crippen LogP) is 8.39. The third-order valence-corrected chi connectivity index (χ3v) is 6.98. The molecule has 7 aromatic rings. The van der Waals surface area contributed by atoms with Crippen LogP contribution in [0.5, 0.6) is 0 Å². The fourth-order valence-electron chi connectivity index (χ4n) is 4.93. The zero-order valence-electron chi connectivity index (χ0n) is 22.2. The van der Waals surface area contributed by atoms with E-state index in [0.29, 0.717) is 5.82 Å². The van der Waals surface area contributed by atoms with Crippen molar-refractivity contribution in [3.05, 3.63) is 152 Å². The van der Waals surface area contributed by atoms with Crippen LogP contribution in [0.2, 0.25) is 0 Å². The lowest BCUT2D eigenvalue weighted by atomic mass is 10.1. The van der Waals surface area contributed by atoms with Gasteiger partial charge in [-0.05, 0) is 30.3 Å². The minimum absolute atomic E-state index is 0.673. The van der Waals surface area contributed by atoms with Crippen LogP contribution < -0.4 is 0 Å². The fourth-order valence-corrected chi connectivity index (χ4v) is 4.93. The number of aromatic nitrogens is 5. The second kappa shape index (κ2) is 10.8. The summed E-state index contributed by atoms with van der Waals surface area (Å²) in [7, 11) is 0. The Balaban J connectivity index is 1.34. The zero-order chi connectivity index (χ0) is 27.4. The fraction of sp³-hybridized carbons (Fsp3) is 0. The van der Waals surface area contributed by atoms with Gasteiger partial charge in [0.25, 0.3) is 0 Å². The van der Waals surface area contributed by atoms with E-state index in [-0.39, 0.29) is 0 Å². The van der Waals surface area contributed by atoms with Gasteiger partial charge in [-0.3, -0.25) is 4.57 Å². The minimum Gasteiger partial charge on any atom is -0.275 e. The Kier molecular flexibility index (Phi) is 6.44. The van der Waals surface area contributed by atoms with E-state index in [0.717, 1.165) is 56.5 Å². The van der Waals surface area contributed by atoms with E-state index < -0.39 is 0 Å². The molecule has 0 fully saturated rings. The van der Waals surface area contributed by atoms with Crippen molar-refractivity contribution in [2.45, 2.75) is 0 Å². The summed E-state index contributed by atoms with van der Waals surface area (Å²) in [6.07, 6.45) is 0. The standard InChI is InChI=1S/C36H25N5/c1-5-13-26(14-6-1)32-25-33(27-15-7-2-8-16-27)38-34(37-32)28-21-23-31(24-22-28)41-35(29-17-9-3-10-18-29)39-40-36(41)30-19-11-4-12-20-30/h1-25H. The molecule has 7 rings (SSSR count). The number of benzene rings is 5. The van der Waals surface area contributed by atoms with Crippen LogP contribution >= 0.6 is 0 Å². The number of nitrogens with zero attached hydrogens (tertiary/aromatic N) is 5. The van der Waals surface area contributed by atoms with Crippen molar-refractivity contribution in [2.75, 3.05) is 0 Å². The highest BCUT2D eigenvalue weighted by molar-refractivity contribution is 5.73. The SMILES string of the molecule is c1ccc(-c2cc(-c3ccccc3)nc(-c3ccc(-n4c(-c5ccccc5)nnc4-c4ccccc4)cc3)n2)cc1. The summed E-state index contributed by atoms with van der Waals surface area (Å²) in [6, 6.07) is 51.1. The lowest BCUT2D eigenvalue weighted by Gasteiger charge is -2.13. The van der Waals surface area contributed by atoms with E-state index in [1.54, 1.807) is 0 Å². The van der Waals surface area contributed by atoms with Crippen molar-refractivity contribution in [1.29, 1.82) is 0 Å². The van der Waals surface area contributed by atoms with Gasteiger partial charge in [0.1, 0.15) is 0 Å². The molecule has 2 heterocycles. The molecule has 5 heteroatoms. The van der Waals surface area contributed by atoms with Crippen molar-refractivity contribution < 1.29 is 0 Å². The second-order valence-corrected chi connectivity index (χ2v) is 9.66. The summed E-state index contributed by atoms with van der Waals surface area (Å²) in [5.74, 6) is 2.24. The number of rotatable bonds is 6. The van der Waals surface area contributed by atoms with Crippen LogP contribution in [-0.2, 0) is 0 Å². The van der Waals surface area contributed by atoms with Crippen molar-refractivity contribution in [3.63, 3.8) is 0 Å². The molecule has 0 saturated carbocycles. The Morgan fingerprint density at radius 1 is 0.366 bits per heavy atom. The van der Waals surface area contributed by atoms with Crippen LogP contribution in [0.25, 0.3) is 62.4 Å². The third-order valence-electron chi connectivity index (χ3n) is 6.98. The molecule has 0 bridgehead atoms. The van der Waals surface area contributed by atoms with Crippen LogP contribution in [0.15, 0.2) is 152 Å². The molecule has 194 valence electrons. The summed E-state index contributed by atoms with van der Waals surface area (Å²) >= 11 is 0. The average Bonchev–Trinajstić information content (AvgIpc) is 3.52. The van der Waals surface area contributed by atoms with Crippen LogP contribution in [-0.4, -0.2) is 24.7 Å². The zero-order valence-corrected chi connectivity index (χ0v) is 22.2. The lowest BCUT2D eigenvalue weighted by Crippen LogP contribution is -2.01. The quantitative estimate of drug-likeness (QED) is 0.218. The first-order valence-corrected chi connectivity index (χ1v) is 13.5. The smallest absolute Gasteiger partial charge is 0.168 e. The van der Waals surface area contributed by atoms with E-state index in [4.69, 9.17) is 9.97 Å². The Hall–Kier alpha value is -5.68. The highest BCUT2D eigenvalue weighted by Gasteiger charge is 2.18. The van der Waals surface area contributed by atoms with E-state index >= 15 is 0 Å². The van der Waals surface area contributed by atoms with E-state index in [1.807, 2.05) is 72.8 Å². The summed E-state index contributed by atoms with van der Waals surface area (Å²) < 4.78 is 2.10. The highest BCUT2D eigenvalue weighted by Crippen LogP contribution is 2.31. The normalized spacial score (nSPS) is 10.9. The van der Waals surface area contributed by atoms with Gasteiger partial charge in [-0.1, -0.05) is 121 Å². The van der Waals surface area contributed by atoms with Crippen molar-refractivity contribution in [1.82, 2.24) is 24.7 Å². The largest absolute Gasteiger partial charge is 0.275 e. The first kappa shape index (κ1) is 24.4. The molecule has 0 amide bonds. The first-order valence-electron chi connectivity index (χ1n) is 13.5. The minimum atomic E-state index is 0.673. The van der Waals surface area contributed by atoms with Crippen molar-refractivity contribution in [3.8, 4) is 62.4 Å². The summed E-state index contributed by atoms with van der Waals surface area (Å²) in [5, 5.41) is 9.20. The summed E-state index contributed by atoms with van der Waals surface area (Å²) in [6.45, 7) is 0. The number of hydrogen-bond acceptors (Lipinski definition) is 4. The first-order chi connectivity index (χ1) is 20.3. The molecule has 0 aliphatic rings. The second-order valence-electron chi connectivity index (χ2n) is 9.66. The van der Waals surface area contributed by atoms with E-state index in [2.05, 4.69) is 93.6 Å². The van der Waals surface area contributed by atoms with Gasteiger partial charge < -0.3 is 0 Å². The van der Waals surface area contributed by atoms with Gasteiger partial charge >= 0.3 is 0 Å². The van der Waals surface area contributed by atoms with Gasteiger partial charge in [0.15, 0.2) is 17.5 Å². The Morgan fingerprint density at radius 2 is 0.756 bits per heavy atom. The van der Waals surface area contributed by atoms with E-state index in [9.17, 15) is 0 Å². The molecule has 0 spiro atoms. The van der Waals surface area contributed by atoms with Crippen molar-refractivity contribution in [2.24, 2.45) is 0 Å². The predicted molar refractivity (Wildman–Crippen MR) is 164 cm³/mol. The topological polar surface area (TPSA) is 56.5 Å². The van der Waals surface area contributed by atoms with Gasteiger partial charge in [-0.25, -0.2) is 9.97 Å². The molecule has 0 unspecified atom stereocenters. The maximum atomic E-state index is 4.98. The molecule has 0 saturated heterocycles. The molecule has 2 aromatic heterocycles. The van der Waals surface area contributed by atoms with Crippen LogP contribution in [0, 0.1) is 0 Å². The van der Waals surface area contributed by atoms with Crippen LogP contribution in [0.3, 0.4) is 0 Å². The molecule has 0 N–H and O–H groups in total. The molecule has 41 heavy (non-hydrogen) atoms. The van der Waals surface area contributed by atoms with Crippen molar-refractivity contribution >= 4 is 0 Å². The monoisotopic (exact) mass is 527 g/mol. The Labute approximate surface area is 238 Å². The van der Waals surface area contributed by atoms with Gasteiger partial charge in [-0.15, -0.1) is 10.2 Å². The Morgan fingerprint density at radius 3 is 1.17 bits per heavy atom. The third kappa shape index (κ3) is 4.92. The number of hydrogen-bond donors (Lipinski definition) is 0. The van der Waals surface area contributed by atoms with Crippen LogP contribution in [0.4, 0.5) is 0 Å². The van der Waals surface area contributed by atoms with Crippen LogP contribution in [0.1, 0.15) is 0 Å². The molecular weight excluding hydrogens is 502 g/mol. The summed E-state index contributed by atoms with van der Waals surface area (Å²) in [5.41, 5.74) is 7.75. The van der Waals surface area contributed by atoms with E-state index in [1.165, 1.54) is 0 Å². The molecule has 5 aromatic carbocycles. The molecule has 0 radical (unpaired) electrons. The highest BCUT2D eigenvalue weighted by atomic mass is 15.3. The summed E-state index contributed by atoms with van der Waals surface area (Å²) in [4.78, 5) is 9.96. The average molecular weight is 528 g/mol. The molecular formula is C36H25N5. The maximum absolute atomic E-state index is 4.98. The van der Waals surface area contributed by atoms with Gasteiger partial charge in [0, 0.05) is 33.5 Å². The maximum Gasteiger partial charge on any atom is 0.168 e. The van der Waals surface area contributed by atoms with Gasteiger partial charge in [0.2, 0.25) is 0 Å². The molecule has 0 aliphatic carbocycles. The van der Waals surface area contributed by atoms with Gasteiger partial charge in [0.05, 0.1) is 11.4 Å². The Bertz CT molecular complexity index is 1780. The molecule has 5 nitrogen and oxygen atoms in total. The lowest BCUT2D eigenvalue weighted by molar-refractivity contribution is 1.07.